The molecule has 16 heavy (non-hydrogen) atoms. The summed E-state index contributed by atoms with van der Waals surface area (Å²) in [7, 11) is 1.48. The molecule has 0 aliphatic rings. The Hall–Kier alpha value is -1.49. The Balaban J connectivity index is 2.72. The van der Waals surface area contributed by atoms with Crippen LogP contribution in [0.4, 0.5) is 15.8 Å². The van der Waals surface area contributed by atoms with E-state index in [-0.39, 0.29) is 5.69 Å². The van der Waals surface area contributed by atoms with Gasteiger partial charge < -0.3 is 20.9 Å². The summed E-state index contributed by atoms with van der Waals surface area (Å²) in [5, 5.41) is 11.9. The molecule has 90 valence electrons. The van der Waals surface area contributed by atoms with Gasteiger partial charge in [0.05, 0.1) is 24.6 Å². The minimum absolute atomic E-state index is 0.265. The van der Waals surface area contributed by atoms with Gasteiger partial charge in [-0.15, -0.1) is 0 Å². The third kappa shape index (κ3) is 3.27. The maximum Gasteiger partial charge on any atom is 0.148 e. The van der Waals surface area contributed by atoms with Crippen LogP contribution < -0.4 is 15.8 Å². The number of hydrogen-bond acceptors (Lipinski definition) is 4. The van der Waals surface area contributed by atoms with Gasteiger partial charge in [-0.25, -0.2) is 4.39 Å². The standard InChI is InChI=1S/C11H17FN2O2/c1-7(15)3-4-14-10-6-11(16-2)9(13)5-8(10)12/h5-7,14-15H,3-4,13H2,1-2H3. The van der Waals surface area contributed by atoms with E-state index in [1.807, 2.05) is 0 Å². The van der Waals surface area contributed by atoms with Crippen molar-refractivity contribution in [2.24, 2.45) is 0 Å². The quantitative estimate of drug-likeness (QED) is 0.670. The minimum atomic E-state index is -0.427. The second-order valence-electron chi connectivity index (χ2n) is 3.64. The lowest BCUT2D eigenvalue weighted by atomic mass is 10.2. The third-order valence-corrected chi connectivity index (χ3v) is 2.20. The van der Waals surface area contributed by atoms with E-state index in [1.165, 1.54) is 19.2 Å². The van der Waals surface area contributed by atoms with Crippen molar-refractivity contribution in [1.29, 1.82) is 0 Å². The van der Waals surface area contributed by atoms with E-state index in [2.05, 4.69) is 5.32 Å². The van der Waals surface area contributed by atoms with Crippen molar-refractivity contribution in [2.75, 3.05) is 24.7 Å². The van der Waals surface area contributed by atoms with Crippen LogP contribution >= 0.6 is 0 Å². The fraction of sp³-hybridized carbons (Fsp3) is 0.455. The van der Waals surface area contributed by atoms with Crippen LogP contribution in [0.15, 0.2) is 12.1 Å². The van der Waals surface area contributed by atoms with Crippen LogP contribution in [0.1, 0.15) is 13.3 Å². The topological polar surface area (TPSA) is 67.5 Å². The number of methoxy groups -OCH3 is 1. The van der Waals surface area contributed by atoms with E-state index in [0.29, 0.717) is 24.4 Å². The molecule has 0 aliphatic heterocycles. The number of halogens is 1. The molecule has 0 fully saturated rings. The molecule has 0 amide bonds. The normalized spacial score (nSPS) is 12.2. The molecule has 0 saturated carbocycles. The number of anilines is 2. The van der Waals surface area contributed by atoms with Crippen molar-refractivity contribution in [3.05, 3.63) is 17.9 Å². The Morgan fingerprint density at radius 3 is 2.81 bits per heavy atom. The van der Waals surface area contributed by atoms with Crippen molar-refractivity contribution in [3.63, 3.8) is 0 Å². The Morgan fingerprint density at radius 2 is 2.25 bits per heavy atom. The van der Waals surface area contributed by atoms with Crippen LogP contribution in [-0.2, 0) is 0 Å². The number of nitrogens with one attached hydrogen (secondary N) is 1. The number of ether oxygens (including phenoxy) is 1. The number of aliphatic hydroxyl groups is 1. The lowest BCUT2D eigenvalue weighted by Crippen LogP contribution is -2.11. The lowest BCUT2D eigenvalue weighted by molar-refractivity contribution is 0.188. The molecule has 4 N–H and O–H groups in total. The predicted octanol–water partition coefficient (Wildman–Crippen LogP) is 1.60. The molecule has 0 bridgehead atoms. The molecule has 0 heterocycles. The van der Waals surface area contributed by atoms with Crippen molar-refractivity contribution in [1.82, 2.24) is 0 Å². The number of aliphatic hydroxyl groups excluding tert-OH is 1. The van der Waals surface area contributed by atoms with Gasteiger partial charge in [0.25, 0.3) is 0 Å². The van der Waals surface area contributed by atoms with E-state index < -0.39 is 11.9 Å². The first-order chi connectivity index (χ1) is 7.54. The molecule has 1 aromatic carbocycles. The second-order valence-corrected chi connectivity index (χ2v) is 3.64. The first kappa shape index (κ1) is 12.6. The average Bonchev–Trinajstić information content (AvgIpc) is 2.20. The number of nitrogen functional groups attached to an aromatic ring is 1. The molecule has 0 radical (unpaired) electrons. The first-order valence-electron chi connectivity index (χ1n) is 5.09. The van der Waals surface area contributed by atoms with E-state index >= 15 is 0 Å². The maximum absolute atomic E-state index is 13.4. The zero-order valence-electron chi connectivity index (χ0n) is 9.46. The van der Waals surface area contributed by atoms with Gasteiger partial charge in [0.15, 0.2) is 0 Å². The smallest absolute Gasteiger partial charge is 0.148 e. The van der Waals surface area contributed by atoms with Crippen molar-refractivity contribution in [2.45, 2.75) is 19.4 Å². The summed E-state index contributed by atoms with van der Waals surface area (Å²) in [6.07, 6.45) is 0.137. The summed E-state index contributed by atoms with van der Waals surface area (Å²) < 4.78 is 18.4. The molecule has 0 aliphatic carbocycles. The predicted molar refractivity (Wildman–Crippen MR) is 62.2 cm³/mol. The lowest BCUT2D eigenvalue weighted by Gasteiger charge is -2.11. The Kier molecular flexibility index (Phi) is 4.37. The number of hydrogen-bond donors (Lipinski definition) is 3. The largest absolute Gasteiger partial charge is 0.495 e. The molecule has 1 aromatic rings. The van der Waals surface area contributed by atoms with Crippen molar-refractivity contribution in [3.8, 4) is 5.75 Å². The highest BCUT2D eigenvalue weighted by atomic mass is 19.1. The van der Waals surface area contributed by atoms with E-state index in [1.54, 1.807) is 6.92 Å². The monoisotopic (exact) mass is 228 g/mol. The van der Waals surface area contributed by atoms with Crippen LogP contribution in [0.2, 0.25) is 0 Å². The van der Waals surface area contributed by atoms with Gasteiger partial charge in [-0.1, -0.05) is 0 Å². The highest BCUT2D eigenvalue weighted by Crippen LogP contribution is 2.28. The van der Waals surface area contributed by atoms with Gasteiger partial charge in [-0.2, -0.15) is 0 Å². The fourth-order valence-electron chi connectivity index (χ4n) is 1.30. The molecule has 1 atom stereocenters. The first-order valence-corrected chi connectivity index (χ1v) is 5.09. The molecular weight excluding hydrogens is 211 g/mol. The van der Waals surface area contributed by atoms with Crippen LogP contribution in [0.5, 0.6) is 5.75 Å². The maximum atomic E-state index is 13.4. The van der Waals surface area contributed by atoms with E-state index in [9.17, 15) is 4.39 Å². The molecule has 4 nitrogen and oxygen atoms in total. The van der Waals surface area contributed by atoms with Crippen LogP contribution in [0, 0.1) is 5.82 Å². The number of nitrogens with two attached hydrogens (primary N) is 1. The van der Waals surface area contributed by atoms with Gasteiger partial charge in [0.2, 0.25) is 0 Å². The SMILES string of the molecule is COc1cc(NCCC(C)O)c(F)cc1N. The zero-order chi connectivity index (χ0) is 12.1. The third-order valence-electron chi connectivity index (χ3n) is 2.20. The van der Waals surface area contributed by atoms with Gasteiger partial charge in [0.1, 0.15) is 11.6 Å². The van der Waals surface area contributed by atoms with Crippen molar-refractivity contribution >= 4 is 11.4 Å². The van der Waals surface area contributed by atoms with Gasteiger partial charge in [-0.3, -0.25) is 0 Å². The van der Waals surface area contributed by atoms with Gasteiger partial charge in [0, 0.05) is 18.7 Å². The second kappa shape index (κ2) is 5.55. The Morgan fingerprint density at radius 1 is 1.56 bits per heavy atom. The molecule has 0 spiro atoms. The Labute approximate surface area is 94.2 Å². The molecule has 1 rings (SSSR count). The van der Waals surface area contributed by atoms with E-state index in [4.69, 9.17) is 15.6 Å². The van der Waals surface area contributed by atoms with Gasteiger partial charge in [-0.05, 0) is 13.3 Å². The highest BCUT2D eigenvalue weighted by molar-refractivity contribution is 5.62. The summed E-state index contributed by atoms with van der Waals surface area (Å²) in [5.74, 6) is 0.00448. The summed E-state index contributed by atoms with van der Waals surface area (Å²) in [6, 6.07) is 2.72. The summed E-state index contributed by atoms with van der Waals surface area (Å²) in [6.45, 7) is 2.17. The van der Waals surface area contributed by atoms with Crippen LogP contribution in [0.3, 0.4) is 0 Å². The van der Waals surface area contributed by atoms with Crippen LogP contribution in [-0.4, -0.2) is 24.9 Å². The molecule has 0 aromatic heterocycles. The average molecular weight is 228 g/mol. The number of rotatable bonds is 5. The summed E-state index contributed by atoms with van der Waals surface area (Å²) >= 11 is 0. The van der Waals surface area contributed by atoms with E-state index in [0.717, 1.165) is 0 Å². The fourth-order valence-corrected chi connectivity index (χ4v) is 1.30. The minimum Gasteiger partial charge on any atom is -0.495 e. The summed E-state index contributed by atoms with van der Waals surface area (Å²) in [5.41, 5.74) is 6.14. The molecule has 5 heteroatoms. The molecule has 0 saturated heterocycles. The van der Waals surface area contributed by atoms with Gasteiger partial charge >= 0.3 is 0 Å². The molecule has 1 unspecified atom stereocenters. The van der Waals surface area contributed by atoms with Crippen molar-refractivity contribution < 1.29 is 14.2 Å². The molecular formula is C11H17FN2O2. The van der Waals surface area contributed by atoms with Crippen LogP contribution in [0.25, 0.3) is 0 Å². The zero-order valence-corrected chi connectivity index (χ0v) is 9.46. The number of benzene rings is 1. The summed E-state index contributed by atoms with van der Waals surface area (Å²) in [4.78, 5) is 0. The Bertz CT molecular complexity index is 356. The highest BCUT2D eigenvalue weighted by Gasteiger charge is 2.08.